The van der Waals surface area contributed by atoms with Gasteiger partial charge in [0.1, 0.15) is 4.21 Å². The molecule has 2 atom stereocenters. The fourth-order valence-corrected chi connectivity index (χ4v) is 6.31. The smallest absolute Gasteiger partial charge is 0.252 e. The van der Waals surface area contributed by atoms with Gasteiger partial charge in [-0.1, -0.05) is 0 Å². The Balaban J connectivity index is 1.92. The molecule has 4 heterocycles. The Morgan fingerprint density at radius 3 is 2.68 bits per heavy atom. The molecule has 2 bridgehead atoms. The first-order valence-corrected chi connectivity index (χ1v) is 9.05. The topological polar surface area (TPSA) is 40.6 Å². The summed E-state index contributed by atoms with van der Waals surface area (Å²) in [6.45, 7) is 4.23. The van der Waals surface area contributed by atoms with Gasteiger partial charge in [-0.25, -0.2) is 8.42 Å². The van der Waals surface area contributed by atoms with Gasteiger partial charge in [0.2, 0.25) is 0 Å². The molecule has 3 fully saturated rings. The molecule has 19 heavy (non-hydrogen) atoms. The van der Waals surface area contributed by atoms with Gasteiger partial charge < -0.3 is 4.90 Å². The molecule has 1 aromatic heterocycles. The van der Waals surface area contributed by atoms with Crippen LogP contribution in [-0.4, -0.2) is 50.3 Å². The second-order valence-electron chi connectivity index (χ2n) is 5.75. The third-order valence-corrected chi connectivity index (χ3v) is 7.84. The summed E-state index contributed by atoms with van der Waals surface area (Å²) in [4.78, 5) is 2.32. The zero-order valence-corrected chi connectivity index (χ0v) is 13.0. The lowest BCUT2D eigenvalue weighted by atomic mass is 9.96. The molecular weight excluding hydrogens is 280 g/mol. The van der Waals surface area contributed by atoms with Crippen LogP contribution in [0, 0.1) is 12.8 Å². The van der Waals surface area contributed by atoms with Gasteiger partial charge in [0.15, 0.2) is 0 Å². The lowest BCUT2D eigenvalue weighted by Crippen LogP contribution is -2.41. The Bertz CT molecular complexity index is 567. The SMILES string of the molecule is Cc1ccsc1S(=O)(=O)N1C[C@@H]2CC[C@H](C1)N(C)C2. The molecule has 3 saturated heterocycles. The summed E-state index contributed by atoms with van der Waals surface area (Å²) >= 11 is 1.34. The van der Waals surface area contributed by atoms with Crippen LogP contribution in [0.15, 0.2) is 15.7 Å². The van der Waals surface area contributed by atoms with E-state index in [0.29, 0.717) is 29.3 Å². The number of nitrogens with zero attached hydrogens (tertiary/aromatic N) is 2. The highest BCUT2D eigenvalue weighted by Gasteiger charge is 2.38. The van der Waals surface area contributed by atoms with Crippen LogP contribution in [0.3, 0.4) is 0 Å². The lowest BCUT2D eigenvalue weighted by molar-refractivity contribution is 0.168. The molecule has 0 saturated carbocycles. The molecule has 6 heteroatoms. The monoisotopic (exact) mass is 300 g/mol. The molecule has 0 radical (unpaired) electrons. The van der Waals surface area contributed by atoms with Gasteiger partial charge in [-0.05, 0) is 49.7 Å². The molecule has 4 rings (SSSR count). The Morgan fingerprint density at radius 2 is 2.05 bits per heavy atom. The van der Waals surface area contributed by atoms with E-state index in [1.807, 2.05) is 18.4 Å². The number of piperidine rings is 1. The minimum atomic E-state index is -3.30. The molecule has 4 nitrogen and oxygen atoms in total. The van der Waals surface area contributed by atoms with E-state index in [1.54, 1.807) is 4.31 Å². The van der Waals surface area contributed by atoms with E-state index in [0.717, 1.165) is 24.9 Å². The van der Waals surface area contributed by atoms with Crippen LogP contribution in [0.1, 0.15) is 18.4 Å². The van der Waals surface area contributed by atoms with Crippen LogP contribution in [0.2, 0.25) is 0 Å². The Kier molecular flexibility index (Phi) is 3.45. The van der Waals surface area contributed by atoms with Crippen LogP contribution in [0.5, 0.6) is 0 Å². The minimum Gasteiger partial charge on any atom is -0.302 e. The van der Waals surface area contributed by atoms with Crippen molar-refractivity contribution in [2.24, 2.45) is 5.92 Å². The second-order valence-corrected chi connectivity index (χ2v) is 8.80. The van der Waals surface area contributed by atoms with Gasteiger partial charge in [0.05, 0.1) is 0 Å². The van der Waals surface area contributed by atoms with Gasteiger partial charge in [-0.15, -0.1) is 11.3 Å². The summed E-state index contributed by atoms with van der Waals surface area (Å²) in [6.07, 6.45) is 2.28. The molecule has 0 amide bonds. The summed E-state index contributed by atoms with van der Waals surface area (Å²) in [7, 11) is -1.18. The number of hydrogen-bond acceptors (Lipinski definition) is 4. The largest absolute Gasteiger partial charge is 0.302 e. The normalized spacial score (nSPS) is 29.6. The summed E-state index contributed by atoms with van der Waals surface area (Å²) in [5.74, 6) is 0.485. The van der Waals surface area contributed by atoms with Crippen molar-refractivity contribution in [1.82, 2.24) is 9.21 Å². The Labute approximate surface area is 119 Å². The van der Waals surface area contributed by atoms with Crippen molar-refractivity contribution in [3.63, 3.8) is 0 Å². The molecular formula is C13H20N2O2S2. The second kappa shape index (κ2) is 4.84. The van der Waals surface area contributed by atoms with E-state index >= 15 is 0 Å². The highest BCUT2D eigenvalue weighted by molar-refractivity contribution is 7.91. The fourth-order valence-electron chi connectivity index (χ4n) is 3.21. The van der Waals surface area contributed by atoms with E-state index in [-0.39, 0.29) is 0 Å². The molecule has 3 aliphatic rings. The van der Waals surface area contributed by atoms with Gasteiger partial charge in [0, 0.05) is 25.7 Å². The summed E-state index contributed by atoms with van der Waals surface area (Å²) < 4.78 is 27.8. The van der Waals surface area contributed by atoms with Crippen molar-refractivity contribution in [3.05, 3.63) is 17.0 Å². The standard InChI is InChI=1S/C13H20N2O2S2/c1-10-5-6-18-13(10)19(16,17)15-8-11-3-4-12(9-15)14(2)7-11/h5-6,11-12H,3-4,7-9H2,1-2H3/t11-,12-/m1/s1. The number of aryl methyl sites for hydroxylation is 1. The fraction of sp³-hybridized carbons (Fsp3) is 0.692. The third-order valence-electron chi connectivity index (χ3n) is 4.34. The van der Waals surface area contributed by atoms with Gasteiger partial charge >= 0.3 is 0 Å². The Morgan fingerprint density at radius 1 is 1.26 bits per heavy atom. The first kappa shape index (κ1) is 13.5. The predicted molar refractivity (Wildman–Crippen MR) is 77.0 cm³/mol. The molecule has 0 unspecified atom stereocenters. The van der Waals surface area contributed by atoms with Crippen LogP contribution in [0.25, 0.3) is 0 Å². The van der Waals surface area contributed by atoms with Crippen molar-refractivity contribution < 1.29 is 8.42 Å². The van der Waals surface area contributed by atoms with E-state index in [1.165, 1.54) is 11.3 Å². The molecule has 0 spiro atoms. The van der Waals surface area contributed by atoms with Gasteiger partial charge in [0.25, 0.3) is 10.0 Å². The average molecular weight is 300 g/mol. The van der Waals surface area contributed by atoms with E-state index < -0.39 is 10.0 Å². The third kappa shape index (κ3) is 2.35. The van der Waals surface area contributed by atoms with Crippen molar-refractivity contribution in [2.75, 3.05) is 26.7 Å². The maximum atomic E-state index is 12.8. The zero-order valence-electron chi connectivity index (χ0n) is 11.4. The van der Waals surface area contributed by atoms with Crippen LogP contribution >= 0.6 is 11.3 Å². The molecule has 0 N–H and O–H groups in total. The lowest BCUT2D eigenvalue weighted by Gasteiger charge is -2.32. The number of fused-ring (bicyclic) bond motifs is 4. The number of rotatable bonds is 2. The van der Waals surface area contributed by atoms with Crippen LogP contribution in [0.4, 0.5) is 0 Å². The highest BCUT2D eigenvalue weighted by Crippen LogP contribution is 2.32. The van der Waals surface area contributed by atoms with Crippen molar-refractivity contribution >= 4 is 21.4 Å². The average Bonchev–Trinajstić information content (AvgIpc) is 2.60. The summed E-state index contributed by atoms with van der Waals surface area (Å²) in [6, 6.07) is 2.27. The highest BCUT2D eigenvalue weighted by atomic mass is 32.2. The summed E-state index contributed by atoms with van der Waals surface area (Å²) in [5.41, 5.74) is 0.870. The van der Waals surface area contributed by atoms with E-state index in [4.69, 9.17) is 0 Å². The van der Waals surface area contributed by atoms with Crippen LogP contribution < -0.4 is 0 Å². The predicted octanol–water partition coefficient (Wildman–Crippen LogP) is 1.77. The number of likely N-dealkylation sites (N-methyl/N-ethyl adjacent to an activating group) is 1. The van der Waals surface area contributed by atoms with Gasteiger partial charge in [-0.2, -0.15) is 4.31 Å². The molecule has 106 valence electrons. The van der Waals surface area contributed by atoms with E-state index in [2.05, 4.69) is 11.9 Å². The first-order valence-electron chi connectivity index (χ1n) is 6.73. The number of thiophene rings is 1. The molecule has 0 aromatic carbocycles. The van der Waals surface area contributed by atoms with Crippen molar-refractivity contribution in [1.29, 1.82) is 0 Å². The maximum Gasteiger partial charge on any atom is 0.252 e. The minimum absolute atomic E-state index is 0.383. The maximum absolute atomic E-state index is 12.8. The van der Waals surface area contributed by atoms with Crippen LogP contribution in [-0.2, 0) is 10.0 Å². The summed E-state index contributed by atoms with van der Waals surface area (Å²) in [5, 5.41) is 1.86. The van der Waals surface area contributed by atoms with E-state index in [9.17, 15) is 8.42 Å². The number of hydrogen-bond donors (Lipinski definition) is 0. The molecule has 3 aliphatic heterocycles. The van der Waals surface area contributed by atoms with Gasteiger partial charge in [-0.3, -0.25) is 0 Å². The quantitative estimate of drug-likeness (QED) is 0.836. The molecule has 0 aliphatic carbocycles. The van der Waals surface area contributed by atoms with Crippen molar-refractivity contribution in [2.45, 2.75) is 30.0 Å². The zero-order chi connectivity index (χ0) is 13.6. The molecule has 1 aromatic rings. The van der Waals surface area contributed by atoms with Crippen molar-refractivity contribution in [3.8, 4) is 0 Å². The first-order chi connectivity index (χ1) is 8.98. The Hall–Kier alpha value is -0.430. The number of sulfonamides is 1.